The van der Waals surface area contributed by atoms with E-state index in [4.69, 9.17) is 9.97 Å². The van der Waals surface area contributed by atoms with Crippen molar-refractivity contribution >= 4 is 90.0 Å². The topological polar surface area (TPSA) is 123 Å². The molecule has 2 aliphatic heterocycles. The molecule has 0 saturated heterocycles. The maximum Gasteiger partial charge on any atom is 0.251 e. The molecule has 8 bridgehead atoms. The van der Waals surface area contributed by atoms with Gasteiger partial charge in [0, 0.05) is 103 Å². The number of aromatic nitrogens is 6. The summed E-state index contributed by atoms with van der Waals surface area (Å²) in [5.41, 5.74) is 15.0. The number of hydrogen-bond acceptors (Lipinski definition) is 4. The molecule has 0 fully saturated rings. The van der Waals surface area contributed by atoms with Crippen molar-refractivity contribution in [1.29, 1.82) is 0 Å². The van der Waals surface area contributed by atoms with E-state index in [1.54, 1.807) is 0 Å². The van der Waals surface area contributed by atoms with Crippen molar-refractivity contribution < 1.29 is 18.7 Å². The molecule has 9 rings (SSSR count). The first-order valence-electron chi connectivity index (χ1n) is 20.2. The Morgan fingerprint density at radius 3 is 1.42 bits per heavy atom. The van der Waals surface area contributed by atoms with Crippen LogP contribution >= 0.6 is 31.9 Å². The van der Waals surface area contributed by atoms with Gasteiger partial charge >= 0.3 is 0 Å². The van der Waals surface area contributed by atoms with Crippen LogP contribution in [0, 0.1) is 0 Å². The van der Waals surface area contributed by atoms with Gasteiger partial charge in [-0.05, 0) is 95.1 Å². The summed E-state index contributed by atoms with van der Waals surface area (Å²) >= 11 is 6.82. The fourth-order valence-corrected chi connectivity index (χ4v) is 8.28. The molecule has 0 unspecified atom stereocenters. The highest BCUT2D eigenvalue weighted by molar-refractivity contribution is 9.09. The summed E-state index contributed by atoms with van der Waals surface area (Å²) in [7, 11) is 4.00. The predicted molar refractivity (Wildman–Crippen MR) is 255 cm³/mol. The van der Waals surface area contributed by atoms with Gasteiger partial charge in [-0.3, -0.25) is 9.59 Å². The number of carbonyl (C=O) groups excluding carboxylic acids is 2. The third-order valence-electron chi connectivity index (χ3n) is 10.9. The van der Waals surface area contributed by atoms with Crippen molar-refractivity contribution in [2.45, 2.75) is 0 Å². The zero-order chi connectivity index (χ0) is 42.7. The molecule has 0 spiro atoms. The fraction of sp³-hybridized carbons (Fsp3) is 0.120. The Labute approximate surface area is 375 Å². The van der Waals surface area contributed by atoms with Crippen LogP contribution in [0.3, 0.4) is 0 Å². The molecule has 2 aliphatic rings. The molecule has 7 heterocycles. The number of aryl methyl sites for hydroxylation is 2. The molecule has 12 heteroatoms. The highest BCUT2D eigenvalue weighted by atomic mass is 79.9. The van der Waals surface area contributed by atoms with Crippen molar-refractivity contribution in [2.75, 3.05) is 23.7 Å². The zero-order valence-electron chi connectivity index (χ0n) is 34.0. The van der Waals surface area contributed by atoms with Crippen LogP contribution in [0.25, 0.3) is 90.9 Å². The van der Waals surface area contributed by atoms with Crippen LogP contribution in [-0.4, -0.2) is 55.5 Å². The molecular weight excluding hydrogens is 904 g/mol. The predicted octanol–water partition coefficient (Wildman–Crippen LogP) is 9.22. The fourth-order valence-electron chi connectivity index (χ4n) is 7.89. The summed E-state index contributed by atoms with van der Waals surface area (Å²) in [5.74, 6) is -0.274. The number of H-pyrrole nitrogens is 2. The number of halogens is 2. The van der Waals surface area contributed by atoms with Crippen LogP contribution in [0.4, 0.5) is 0 Å². The van der Waals surface area contributed by atoms with E-state index in [1.165, 1.54) is 0 Å². The van der Waals surface area contributed by atoms with Gasteiger partial charge in [-0.25, -0.2) is 19.1 Å². The average Bonchev–Trinajstić information content (AvgIpc) is 4.15. The zero-order valence-corrected chi connectivity index (χ0v) is 37.2. The van der Waals surface area contributed by atoms with Crippen LogP contribution in [-0.2, 0) is 14.1 Å². The van der Waals surface area contributed by atoms with Gasteiger partial charge in [0.1, 0.15) is 14.1 Å². The summed E-state index contributed by atoms with van der Waals surface area (Å²) in [5, 5.41) is 7.26. The van der Waals surface area contributed by atoms with Gasteiger partial charge in [0.2, 0.25) is 0 Å². The molecule has 0 saturated carbocycles. The first-order chi connectivity index (χ1) is 30.3. The second-order valence-corrected chi connectivity index (χ2v) is 16.6. The van der Waals surface area contributed by atoms with Gasteiger partial charge in [0.15, 0.2) is 24.8 Å². The van der Waals surface area contributed by atoms with E-state index in [2.05, 4.69) is 107 Å². The molecule has 0 atom stereocenters. The average molecular weight is 947 g/mol. The number of rotatable bonds is 10. The lowest BCUT2D eigenvalue weighted by atomic mass is 10.0. The summed E-state index contributed by atoms with van der Waals surface area (Å²) in [6.45, 7) is 1.05. The Morgan fingerprint density at radius 1 is 0.500 bits per heavy atom. The monoisotopic (exact) mass is 944 g/mol. The van der Waals surface area contributed by atoms with Gasteiger partial charge in [-0.15, -0.1) is 0 Å². The van der Waals surface area contributed by atoms with Gasteiger partial charge in [0.05, 0.1) is 22.8 Å². The Bertz CT molecular complexity index is 3100. The minimum absolute atomic E-state index is 0.128. The highest BCUT2D eigenvalue weighted by Gasteiger charge is 2.21. The number of nitrogens with zero attached hydrogens (tertiary/aromatic N) is 4. The minimum Gasteiger partial charge on any atom is -0.354 e. The standard InChI is InChI=1S/C50H40Br2N8O2/c1-59-26-18-32(19-27-59)46-39-12-10-37(55-39)45(31-6-8-34(9-7-31)49(61)53-24-22-51)38-11-13-40(56-38)47(33-20-28-60(2)29-21-33)42-15-17-44(58-42)48(43-16-14-41(46)57-43)35-4-3-5-36(30-35)50(62)54-25-23-52/h3-21,26-30H,22-25H2,1-2H3,(H2-,53,54,55,56,57,58,61,62)/p+2. The Hall–Kier alpha value is -6.76. The number of alkyl halides is 2. The molecule has 0 radical (unpaired) electrons. The Balaban J connectivity index is 1.38. The second kappa shape index (κ2) is 17.7. The first kappa shape index (κ1) is 40.6. The summed E-state index contributed by atoms with van der Waals surface area (Å²) < 4.78 is 4.02. The number of pyridine rings is 2. The van der Waals surface area contributed by atoms with Crippen molar-refractivity contribution in [3.8, 4) is 44.5 Å². The molecule has 2 amide bonds. The third-order valence-corrected chi connectivity index (χ3v) is 11.7. The summed E-state index contributed by atoms with van der Waals surface area (Å²) in [6, 6.07) is 32.1. The maximum absolute atomic E-state index is 13.3. The Morgan fingerprint density at radius 2 is 0.919 bits per heavy atom. The van der Waals surface area contributed by atoms with Gasteiger partial charge < -0.3 is 20.6 Å². The van der Waals surface area contributed by atoms with Gasteiger partial charge in [0.25, 0.3) is 11.8 Å². The SMILES string of the molecule is C[n+]1ccc(-c2c3nc(c(-c4ccc(C(=O)NCCBr)cc4)c4ccc([nH]4)c(-c4cc[n+](C)cc4)c4ccc([nH]4)c(-c4cccc(C(=O)NCCBr)c4)c4nc2C=C4)C=C3)cc1. The number of carbonyl (C=O) groups is 2. The van der Waals surface area contributed by atoms with E-state index in [-0.39, 0.29) is 11.8 Å². The molecule has 4 N–H and O–H groups in total. The van der Waals surface area contributed by atoms with Crippen molar-refractivity contribution in [2.24, 2.45) is 14.1 Å². The largest absolute Gasteiger partial charge is 0.354 e. The lowest BCUT2D eigenvalue weighted by Crippen LogP contribution is -2.25. The molecule has 62 heavy (non-hydrogen) atoms. The minimum atomic E-state index is -0.146. The number of benzene rings is 2. The molecule has 0 aliphatic carbocycles. The lowest BCUT2D eigenvalue weighted by molar-refractivity contribution is -0.671. The number of aromatic amines is 2. The van der Waals surface area contributed by atoms with E-state index in [0.29, 0.717) is 34.9 Å². The molecule has 5 aromatic heterocycles. The molecule has 10 nitrogen and oxygen atoms in total. The molecule has 7 aromatic rings. The van der Waals surface area contributed by atoms with E-state index >= 15 is 0 Å². The van der Waals surface area contributed by atoms with Gasteiger partial charge in [-0.1, -0.05) is 56.1 Å². The number of nitrogens with one attached hydrogen (secondary N) is 4. The van der Waals surface area contributed by atoms with Crippen molar-refractivity contribution in [3.63, 3.8) is 0 Å². The van der Waals surface area contributed by atoms with Crippen LogP contribution < -0.4 is 19.8 Å². The third kappa shape index (κ3) is 8.18. The van der Waals surface area contributed by atoms with Gasteiger partial charge in [-0.2, -0.15) is 0 Å². The first-order valence-corrected chi connectivity index (χ1v) is 22.5. The van der Waals surface area contributed by atoms with E-state index in [1.807, 2.05) is 115 Å². The number of fused-ring (bicyclic) bond motifs is 8. The van der Waals surface area contributed by atoms with Crippen LogP contribution in [0.5, 0.6) is 0 Å². The maximum atomic E-state index is 13.3. The number of amides is 2. The van der Waals surface area contributed by atoms with E-state index in [0.717, 1.165) is 89.4 Å². The lowest BCUT2D eigenvalue weighted by Gasteiger charge is -2.08. The van der Waals surface area contributed by atoms with E-state index in [9.17, 15) is 9.59 Å². The number of hydrogen-bond donors (Lipinski definition) is 4. The summed E-state index contributed by atoms with van der Waals surface area (Å²) in [4.78, 5) is 44.6. The smallest absolute Gasteiger partial charge is 0.251 e. The molecular formula is C50H42Br2N8O2+2. The van der Waals surface area contributed by atoms with E-state index < -0.39 is 0 Å². The highest BCUT2D eigenvalue weighted by Crippen LogP contribution is 2.38. The Kier molecular flexibility index (Phi) is 11.6. The van der Waals surface area contributed by atoms with Crippen molar-refractivity contribution in [3.05, 3.63) is 156 Å². The van der Waals surface area contributed by atoms with Crippen LogP contribution in [0.15, 0.2) is 122 Å². The van der Waals surface area contributed by atoms with Crippen LogP contribution in [0.2, 0.25) is 0 Å². The molecule has 2 aromatic carbocycles. The second-order valence-electron chi connectivity index (χ2n) is 15.1. The molecule has 306 valence electrons. The van der Waals surface area contributed by atoms with Crippen LogP contribution in [0.1, 0.15) is 43.5 Å². The normalized spacial score (nSPS) is 11.8. The van der Waals surface area contributed by atoms with Crippen molar-refractivity contribution in [1.82, 2.24) is 30.6 Å². The quantitative estimate of drug-likeness (QED) is 0.0807. The summed E-state index contributed by atoms with van der Waals surface area (Å²) in [6.07, 6.45) is 16.3.